The second-order valence-corrected chi connectivity index (χ2v) is 5.29. The maximum atomic E-state index is 5.60. The summed E-state index contributed by atoms with van der Waals surface area (Å²) in [6, 6.07) is 10.6. The van der Waals surface area contributed by atoms with Crippen molar-refractivity contribution in [2.24, 2.45) is 10.9 Å². The van der Waals surface area contributed by atoms with Gasteiger partial charge in [0.2, 0.25) is 0 Å². The minimum Gasteiger partial charge on any atom is -0.379 e. The van der Waals surface area contributed by atoms with Crippen molar-refractivity contribution in [1.82, 2.24) is 10.6 Å². The average Bonchev–Trinajstić information content (AvgIpc) is 3.30. The fraction of sp³-hybridized carbons (Fsp3) is 0.562. The Morgan fingerprint density at radius 2 is 2.10 bits per heavy atom. The molecule has 1 atom stereocenters. The van der Waals surface area contributed by atoms with Crippen LogP contribution in [-0.4, -0.2) is 32.8 Å². The SMILES string of the molecule is CN=C(NCCOCC1CC1)NC(C)c1ccccc1. The lowest BCUT2D eigenvalue weighted by Crippen LogP contribution is -2.40. The summed E-state index contributed by atoms with van der Waals surface area (Å²) in [6.07, 6.45) is 2.68. The molecule has 20 heavy (non-hydrogen) atoms. The fourth-order valence-electron chi connectivity index (χ4n) is 2.00. The molecule has 1 unspecified atom stereocenters. The summed E-state index contributed by atoms with van der Waals surface area (Å²) in [7, 11) is 1.79. The van der Waals surface area contributed by atoms with Gasteiger partial charge in [-0.3, -0.25) is 4.99 Å². The first kappa shape index (κ1) is 14.9. The molecule has 0 heterocycles. The largest absolute Gasteiger partial charge is 0.379 e. The standard InChI is InChI=1S/C16H25N3O/c1-13(15-6-4-3-5-7-15)19-16(17-2)18-10-11-20-12-14-8-9-14/h3-7,13-14H,8-12H2,1-2H3,(H2,17,18,19). The van der Waals surface area contributed by atoms with Gasteiger partial charge in [0.1, 0.15) is 0 Å². The van der Waals surface area contributed by atoms with Gasteiger partial charge in [-0.05, 0) is 31.2 Å². The maximum absolute atomic E-state index is 5.60. The third kappa shape index (κ3) is 5.21. The van der Waals surface area contributed by atoms with Crippen molar-refractivity contribution < 1.29 is 4.74 Å². The molecule has 0 aromatic heterocycles. The van der Waals surface area contributed by atoms with Crippen LogP contribution in [0.4, 0.5) is 0 Å². The highest BCUT2D eigenvalue weighted by molar-refractivity contribution is 5.80. The summed E-state index contributed by atoms with van der Waals surface area (Å²) in [5.41, 5.74) is 1.25. The molecule has 1 aliphatic rings. The molecule has 0 bridgehead atoms. The molecule has 0 saturated heterocycles. The first-order valence-corrected chi connectivity index (χ1v) is 7.39. The lowest BCUT2D eigenvalue weighted by molar-refractivity contribution is 0.129. The van der Waals surface area contributed by atoms with Gasteiger partial charge >= 0.3 is 0 Å². The van der Waals surface area contributed by atoms with Crippen LogP contribution < -0.4 is 10.6 Å². The number of guanidine groups is 1. The van der Waals surface area contributed by atoms with Crippen LogP contribution in [0.5, 0.6) is 0 Å². The smallest absolute Gasteiger partial charge is 0.191 e. The van der Waals surface area contributed by atoms with E-state index in [1.165, 1.54) is 18.4 Å². The number of nitrogens with one attached hydrogen (secondary N) is 2. The molecular formula is C16H25N3O. The van der Waals surface area contributed by atoms with E-state index in [2.05, 4.69) is 46.8 Å². The van der Waals surface area contributed by atoms with Crippen molar-refractivity contribution in [3.8, 4) is 0 Å². The van der Waals surface area contributed by atoms with E-state index in [-0.39, 0.29) is 6.04 Å². The lowest BCUT2D eigenvalue weighted by atomic mass is 10.1. The zero-order valence-corrected chi connectivity index (χ0v) is 12.4. The topological polar surface area (TPSA) is 45.7 Å². The van der Waals surface area contributed by atoms with Crippen LogP contribution in [0.15, 0.2) is 35.3 Å². The van der Waals surface area contributed by atoms with E-state index < -0.39 is 0 Å². The summed E-state index contributed by atoms with van der Waals surface area (Å²) in [4.78, 5) is 4.24. The molecule has 1 aliphatic carbocycles. The van der Waals surface area contributed by atoms with Gasteiger partial charge in [-0.15, -0.1) is 0 Å². The van der Waals surface area contributed by atoms with E-state index in [4.69, 9.17) is 4.74 Å². The van der Waals surface area contributed by atoms with Gasteiger partial charge in [0.25, 0.3) is 0 Å². The van der Waals surface area contributed by atoms with Crippen molar-refractivity contribution in [1.29, 1.82) is 0 Å². The predicted octanol–water partition coefficient (Wildman–Crippen LogP) is 2.34. The quantitative estimate of drug-likeness (QED) is 0.456. The highest BCUT2D eigenvalue weighted by atomic mass is 16.5. The highest BCUT2D eigenvalue weighted by Crippen LogP contribution is 2.28. The zero-order valence-electron chi connectivity index (χ0n) is 12.4. The van der Waals surface area contributed by atoms with Crippen LogP contribution in [0.2, 0.25) is 0 Å². The Labute approximate surface area is 121 Å². The van der Waals surface area contributed by atoms with E-state index in [0.29, 0.717) is 0 Å². The Morgan fingerprint density at radius 1 is 1.35 bits per heavy atom. The molecule has 1 saturated carbocycles. The average molecular weight is 275 g/mol. The first-order chi connectivity index (χ1) is 9.79. The van der Waals surface area contributed by atoms with Crippen LogP contribution in [0, 0.1) is 5.92 Å². The number of aliphatic imine (C=N–C) groups is 1. The Hall–Kier alpha value is -1.55. The van der Waals surface area contributed by atoms with Gasteiger partial charge in [0.05, 0.1) is 12.6 Å². The minimum atomic E-state index is 0.231. The van der Waals surface area contributed by atoms with Gasteiger partial charge in [-0.1, -0.05) is 30.3 Å². The Balaban J connectivity index is 1.66. The molecule has 0 spiro atoms. The van der Waals surface area contributed by atoms with Crippen LogP contribution in [0.1, 0.15) is 31.4 Å². The monoisotopic (exact) mass is 275 g/mol. The predicted molar refractivity (Wildman–Crippen MR) is 82.9 cm³/mol. The van der Waals surface area contributed by atoms with Crippen LogP contribution in [0.25, 0.3) is 0 Å². The van der Waals surface area contributed by atoms with E-state index in [9.17, 15) is 0 Å². The summed E-state index contributed by atoms with van der Waals surface area (Å²) in [6.45, 7) is 4.56. The molecule has 1 fully saturated rings. The zero-order chi connectivity index (χ0) is 14.2. The van der Waals surface area contributed by atoms with Crippen LogP contribution in [0.3, 0.4) is 0 Å². The van der Waals surface area contributed by atoms with Crippen molar-refractivity contribution in [3.63, 3.8) is 0 Å². The van der Waals surface area contributed by atoms with Gasteiger partial charge in [-0.25, -0.2) is 0 Å². The van der Waals surface area contributed by atoms with E-state index in [1.807, 2.05) is 6.07 Å². The van der Waals surface area contributed by atoms with Gasteiger partial charge in [0.15, 0.2) is 5.96 Å². The molecule has 4 heteroatoms. The molecule has 1 aromatic rings. The number of benzene rings is 1. The Bertz CT molecular complexity index is 415. The molecule has 0 radical (unpaired) electrons. The number of ether oxygens (including phenoxy) is 1. The second kappa shape index (κ2) is 7.90. The third-order valence-electron chi connectivity index (χ3n) is 3.47. The molecule has 2 rings (SSSR count). The maximum Gasteiger partial charge on any atom is 0.191 e. The minimum absolute atomic E-state index is 0.231. The summed E-state index contributed by atoms with van der Waals surface area (Å²) in [5, 5.41) is 6.66. The first-order valence-electron chi connectivity index (χ1n) is 7.39. The van der Waals surface area contributed by atoms with Gasteiger partial charge in [-0.2, -0.15) is 0 Å². The number of nitrogens with zero attached hydrogens (tertiary/aromatic N) is 1. The van der Waals surface area contributed by atoms with Gasteiger partial charge in [0, 0.05) is 20.2 Å². The van der Waals surface area contributed by atoms with Gasteiger partial charge < -0.3 is 15.4 Å². The number of hydrogen-bond acceptors (Lipinski definition) is 2. The summed E-state index contributed by atoms with van der Waals surface area (Å²) >= 11 is 0. The van der Waals surface area contributed by atoms with Crippen molar-refractivity contribution >= 4 is 5.96 Å². The van der Waals surface area contributed by atoms with Crippen molar-refractivity contribution in [2.75, 3.05) is 26.8 Å². The second-order valence-electron chi connectivity index (χ2n) is 5.29. The van der Waals surface area contributed by atoms with Crippen LogP contribution >= 0.6 is 0 Å². The fourth-order valence-corrected chi connectivity index (χ4v) is 2.00. The van der Waals surface area contributed by atoms with Crippen LogP contribution in [-0.2, 0) is 4.74 Å². The molecule has 4 nitrogen and oxygen atoms in total. The Kier molecular flexibility index (Phi) is 5.87. The molecule has 110 valence electrons. The third-order valence-corrected chi connectivity index (χ3v) is 3.47. The molecule has 2 N–H and O–H groups in total. The van der Waals surface area contributed by atoms with E-state index in [0.717, 1.165) is 31.6 Å². The molecule has 1 aromatic carbocycles. The normalized spacial score (nSPS) is 16.8. The number of rotatable bonds is 7. The summed E-state index contributed by atoms with van der Waals surface area (Å²) in [5.74, 6) is 1.64. The molecular weight excluding hydrogens is 250 g/mol. The van der Waals surface area contributed by atoms with Crippen molar-refractivity contribution in [2.45, 2.75) is 25.8 Å². The Morgan fingerprint density at radius 3 is 2.75 bits per heavy atom. The summed E-state index contributed by atoms with van der Waals surface area (Å²) < 4.78 is 5.60. The van der Waals surface area contributed by atoms with Crippen molar-refractivity contribution in [3.05, 3.63) is 35.9 Å². The molecule has 0 amide bonds. The van der Waals surface area contributed by atoms with E-state index in [1.54, 1.807) is 7.05 Å². The van der Waals surface area contributed by atoms with E-state index >= 15 is 0 Å². The molecule has 0 aliphatic heterocycles. The lowest BCUT2D eigenvalue weighted by Gasteiger charge is -2.18. The highest BCUT2D eigenvalue weighted by Gasteiger charge is 2.20. The number of hydrogen-bond donors (Lipinski definition) is 2.